The van der Waals surface area contributed by atoms with Crippen molar-refractivity contribution >= 4 is 23.5 Å². The minimum Gasteiger partial charge on any atom is -0.452 e. The van der Waals surface area contributed by atoms with E-state index >= 15 is 0 Å². The van der Waals surface area contributed by atoms with Gasteiger partial charge in [-0.25, -0.2) is 4.79 Å². The molecule has 0 atom stereocenters. The van der Waals surface area contributed by atoms with Gasteiger partial charge in [-0.05, 0) is 80.9 Å². The van der Waals surface area contributed by atoms with E-state index in [0.29, 0.717) is 34.9 Å². The number of carbonyl (C=O) groups is 2. The lowest BCUT2D eigenvalue weighted by atomic mass is 9.52. The van der Waals surface area contributed by atoms with Gasteiger partial charge in [0.25, 0.3) is 5.91 Å². The number of esters is 1. The number of nitrogens with zero attached hydrogens (tertiary/aromatic N) is 3. The van der Waals surface area contributed by atoms with Crippen molar-refractivity contribution in [2.75, 3.05) is 6.61 Å². The molecule has 4 aliphatic rings. The summed E-state index contributed by atoms with van der Waals surface area (Å²) in [6, 6.07) is 7.69. The Morgan fingerprint density at radius 2 is 1.72 bits per heavy atom. The van der Waals surface area contributed by atoms with Crippen LogP contribution < -0.4 is 0 Å². The molecule has 0 saturated heterocycles. The molecule has 32 heavy (non-hydrogen) atoms. The molecule has 4 aliphatic carbocycles. The standard InChI is InChI=1S/C25H30ClN3O3/c1-16-22(13-27-28(16)2)24(31)32-15-23(30)29(14-17-3-5-21(26)6-4-17)25-10-18-7-19(11-25)9-20(8-18)12-25/h3-6,13,18-20H,7-12,14-15H2,1-2H3. The number of hydrogen-bond acceptors (Lipinski definition) is 4. The third kappa shape index (κ3) is 3.94. The van der Waals surface area contributed by atoms with Crippen LogP contribution in [0.15, 0.2) is 30.5 Å². The number of aromatic nitrogens is 2. The maximum Gasteiger partial charge on any atom is 0.342 e. The summed E-state index contributed by atoms with van der Waals surface area (Å²) < 4.78 is 7.11. The summed E-state index contributed by atoms with van der Waals surface area (Å²) in [5, 5.41) is 4.78. The summed E-state index contributed by atoms with van der Waals surface area (Å²) in [5.74, 6) is 1.52. The van der Waals surface area contributed by atoms with Crippen molar-refractivity contribution in [2.24, 2.45) is 24.8 Å². The molecule has 2 aromatic rings. The highest BCUT2D eigenvalue weighted by atomic mass is 35.5. The van der Waals surface area contributed by atoms with E-state index in [4.69, 9.17) is 16.3 Å². The number of benzene rings is 1. The number of amides is 1. The highest BCUT2D eigenvalue weighted by molar-refractivity contribution is 6.30. The third-order valence-corrected chi connectivity index (χ3v) is 8.17. The van der Waals surface area contributed by atoms with E-state index in [-0.39, 0.29) is 18.1 Å². The van der Waals surface area contributed by atoms with Gasteiger partial charge in [-0.1, -0.05) is 23.7 Å². The average Bonchev–Trinajstić information content (AvgIpc) is 3.08. The fourth-order valence-corrected chi connectivity index (χ4v) is 6.80. The summed E-state index contributed by atoms with van der Waals surface area (Å²) >= 11 is 6.08. The lowest BCUT2D eigenvalue weighted by Crippen LogP contribution is -2.61. The van der Waals surface area contributed by atoms with Crippen molar-refractivity contribution < 1.29 is 14.3 Å². The summed E-state index contributed by atoms with van der Waals surface area (Å²) in [6.07, 6.45) is 8.59. The molecule has 6 nitrogen and oxygen atoms in total. The van der Waals surface area contributed by atoms with Gasteiger partial charge in [-0.15, -0.1) is 0 Å². The van der Waals surface area contributed by atoms with Crippen LogP contribution in [-0.2, 0) is 23.1 Å². The quantitative estimate of drug-likeness (QED) is 0.600. The number of aryl methyl sites for hydroxylation is 1. The van der Waals surface area contributed by atoms with Gasteiger partial charge in [0.05, 0.1) is 6.20 Å². The molecule has 0 aliphatic heterocycles. The predicted octanol–water partition coefficient (Wildman–Crippen LogP) is 4.54. The first-order chi connectivity index (χ1) is 15.3. The summed E-state index contributed by atoms with van der Waals surface area (Å²) in [6.45, 7) is 2.09. The van der Waals surface area contributed by atoms with Crippen molar-refractivity contribution in [1.82, 2.24) is 14.7 Å². The van der Waals surface area contributed by atoms with E-state index in [2.05, 4.69) is 5.10 Å². The van der Waals surface area contributed by atoms with Crippen LogP contribution in [0.2, 0.25) is 5.02 Å². The van der Waals surface area contributed by atoms with E-state index in [0.717, 1.165) is 30.5 Å². The normalized spacial score (nSPS) is 28.0. The largest absolute Gasteiger partial charge is 0.452 e. The maximum atomic E-state index is 13.6. The summed E-state index contributed by atoms with van der Waals surface area (Å²) in [7, 11) is 1.78. The van der Waals surface area contributed by atoms with Gasteiger partial charge in [-0.3, -0.25) is 9.48 Å². The molecule has 1 amide bonds. The third-order valence-electron chi connectivity index (χ3n) is 7.92. The van der Waals surface area contributed by atoms with E-state index in [1.165, 1.54) is 25.5 Å². The Morgan fingerprint density at radius 3 is 2.25 bits per heavy atom. The lowest BCUT2D eigenvalue weighted by Gasteiger charge is -2.60. The first-order valence-electron chi connectivity index (χ1n) is 11.5. The molecule has 0 N–H and O–H groups in total. The van der Waals surface area contributed by atoms with Gasteiger partial charge in [0, 0.05) is 29.8 Å². The summed E-state index contributed by atoms with van der Waals surface area (Å²) in [5.41, 5.74) is 2.05. The van der Waals surface area contributed by atoms with Crippen molar-refractivity contribution in [3.63, 3.8) is 0 Å². The SMILES string of the molecule is Cc1c(C(=O)OCC(=O)N(Cc2ccc(Cl)cc2)C23CC4CC(CC(C4)C2)C3)cnn1C. The Bertz CT molecular complexity index is 994. The molecule has 0 unspecified atom stereocenters. The van der Waals surface area contributed by atoms with Gasteiger partial charge in [0.15, 0.2) is 6.61 Å². The maximum absolute atomic E-state index is 13.6. The number of rotatable bonds is 6. The molecule has 1 aromatic carbocycles. The lowest BCUT2D eigenvalue weighted by molar-refractivity contribution is -0.155. The van der Waals surface area contributed by atoms with Crippen molar-refractivity contribution in [3.8, 4) is 0 Å². The van der Waals surface area contributed by atoms with E-state index < -0.39 is 5.97 Å². The van der Waals surface area contributed by atoms with Crippen LogP contribution in [0.5, 0.6) is 0 Å². The zero-order valence-corrected chi connectivity index (χ0v) is 19.5. The molecule has 6 rings (SSSR count). The van der Waals surface area contributed by atoms with Crippen molar-refractivity contribution in [3.05, 3.63) is 52.3 Å². The number of ether oxygens (including phenoxy) is 1. The van der Waals surface area contributed by atoms with E-state index in [1.54, 1.807) is 11.7 Å². The molecule has 0 radical (unpaired) electrons. The Balaban J connectivity index is 1.37. The molecular weight excluding hydrogens is 426 g/mol. The van der Waals surface area contributed by atoms with Crippen molar-refractivity contribution in [2.45, 2.75) is 57.5 Å². The predicted molar refractivity (Wildman–Crippen MR) is 121 cm³/mol. The highest BCUT2D eigenvalue weighted by Gasteiger charge is 2.54. The molecule has 1 aromatic heterocycles. The topological polar surface area (TPSA) is 64.4 Å². The first-order valence-corrected chi connectivity index (χ1v) is 11.9. The van der Waals surface area contributed by atoms with Crippen LogP contribution in [0, 0.1) is 24.7 Å². The number of carbonyl (C=O) groups excluding carboxylic acids is 2. The molecule has 4 saturated carbocycles. The highest BCUT2D eigenvalue weighted by Crippen LogP contribution is 2.58. The van der Waals surface area contributed by atoms with Gasteiger partial charge >= 0.3 is 5.97 Å². The monoisotopic (exact) mass is 455 g/mol. The van der Waals surface area contributed by atoms with Crippen molar-refractivity contribution in [1.29, 1.82) is 0 Å². The molecule has 170 valence electrons. The molecule has 0 spiro atoms. The second kappa shape index (κ2) is 8.22. The van der Waals surface area contributed by atoms with E-state index in [9.17, 15) is 9.59 Å². The van der Waals surface area contributed by atoms with Crippen LogP contribution >= 0.6 is 11.6 Å². The Morgan fingerprint density at radius 1 is 1.12 bits per heavy atom. The van der Waals surface area contributed by atoms with E-state index in [1.807, 2.05) is 36.1 Å². The molecule has 1 heterocycles. The number of halogens is 1. The molecular formula is C25H30ClN3O3. The fraction of sp³-hybridized carbons (Fsp3) is 0.560. The molecule has 4 fully saturated rings. The Hall–Kier alpha value is -2.34. The van der Waals surface area contributed by atoms with Gasteiger partial charge in [0.2, 0.25) is 0 Å². The molecule has 7 heteroatoms. The minimum atomic E-state index is -0.499. The first kappa shape index (κ1) is 21.5. The van der Waals surface area contributed by atoms with Crippen LogP contribution in [0.4, 0.5) is 0 Å². The van der Waals surface area contributed by atoms with Gasteiger partial charge in [-0.2, -0.15) is 5.10 Å². The van der Waals surface area contributed by atoms with Crippen LogP contribution in [0.3, 0.4) is 0 Å². The zero-order valence-electron chi connectivity index (χ0n) is 18.7. The smallest absolute Gasteiger partial charge is 0.342 e. The van der Waals surface area contributed by atoms with Crippen LogP contribution in [-0.4, -0.2) is 38.7 Å². The Labute approximate surface area is 193 Å². The van der Waals surface area contributed by atoms with Crippen LogP contribution in [0.1, 0.15) is 60.1 Å². The Kier molecular flexibility index (Phi) is 5.52. The number of hydrogen-bond donors (Lipinski definition) is 0. The second-order valence-corrected chi connectivity index (χ2v) is 10.5. The average molecular weight is 456 g/mol. The fourth-order valence-electron chi connectivity index (χ4n) is 6.67. The van der Waals surface area contributed by atoms with Gasteiger partial charge < -0.3 is 9.64 Å². The zero-order chi connectivity index (χ0) is 22.5. The van der Waals surface area contributed by atoms with Gasteiger partial charge in [0.1, 0.15) is 5.56 Å². The minimum absolute atomic E-state index is 0.114. The molecule has 4 bridgehead atoms. The summed E-state index contributed by atoms with van der Waals surface area (Å²) in [4.78, 5) is 28.2. The second-order valence-electron chi connectivity index (χ2n) is 10.1. The van der Waals surface area contributed by atoms with Crippen LogP contribution in [0.25, 0.3) is 0 Å².